The molecule has 106 valence electrons. The first kappa shape index (κ1) is 14.3. The Hall–Kier alpha value is -0.120. The fourth-order valence-electron chi connectivity index (χ4n) is 3.53. The molecule has 0 aromatic heterocycles. The number of rotatable bonds is 5. The van der Waals surface area contributed by atoms with Crippen LogP contribution in [0, 0.1) is 0 Å². The molecule has 1 saturated heterocycles. The van der Waals surface area contributed by atoms with Gasteiger partial charge in [-0.25, -0.2) is 0 Å². The van der Waals surface area contributed by atoms with Gasteiger partial charge in [-0.15, -0.1) is 0 Å². The van der Waals surface area contributed by atoms with Crippen LogP contribution in [0.5, 0.6) is 0 Å². The third-order valence-corrected chi connectivity index (χ3v) is 4.71. The van der Waals surface area contributed by atoms with Gasteiger partial charge in [-0.2, -0.15) is 0 Å². The van der Waals surface area contributed by atoms with Crippen LogP contribution < -0.4 is 5.32 Å². The minimum absolute atomic E-state index is 0.756. The van der Waals surface area contributed by atoms with Crippen molar-refractivity contribution in [2.24, 2.45) is 0 Å². The second-order valence-corrected chi connectivity index (χ2v) is 5.88. The monoisotopic (exact) mass is 253 g/mol. The maximum atomic E-state index is 3.79. The summed E-state index contributed by atoms with van der Waals surface area (Å²) in [4.78, 5) is 5.34. The van der Waals surface area contributed by atoms with E-state index in [-0.39, 0.29) is 0 Å². The Balaban J connectivity index is 1.84. The van der Waals surface area contributed by atoms with Crippen LogP contribution in [0.25, 0.3) is 0 Å². The van der Waals surface area contributed by atoms with Crippen molar-refractivity contribution in [1.29, 1.82) is 0 Å². The normalized spacial score (nSPS) is 31.7. The smallest absolute Gasteiger partial charge is 0.0250 e. The van der Waals surface area contributed by atoms with Gasteiger partial charge >= 0.3 is 0 Å². The number of nitrogens with one attached hydrogen (secondary N) is 1. The standard InChI is InChI=1S/C15H31N3/c1-3-9-16-14-7-5-6-8-15(14)18-12-10-17(4-2)11-13-18/h14-16H,3-13H2,1-2H3. The number of nitrogens with zero attached hydrogens (tertiary/aromatic N) is 2. The van der Waals surface area contributed by atoms with E-state index in [9.17, 15) is 0 Å². The van der Waals surface area contributed by atoms with Crippen molar-refractivity contribution in [1.82, 2.24) is 15.1 Å². The fourth-order valence-corrected chi connectivity index (χ4v) is 3.53. The van der Waals surface area contributed by atoms with Crippen LogP contribution >= 0.6 is 0 Å². The van der Waals surface area contributed by atoms with Gasteiger partial charge in [0, 0.05) is 38.3 Å². The molecular formula is C15H31N3. The molecule has 1 saturated carbocycles. The van der Waals surface area contributed by atoms with E-state index in [0.717, 1.165) is 12.1 Å². The highest BCUT2D eigenvalue weighted by atomic mass is 15.3. The van der Waals surface area contributed by atoms with Gasteiger partial charge < -0.3 is 10.2 Å². The summed E-state index contributed by atoms with van der Waals surface area (Å²) in [7, 11) is 0. The largest absolute Gasteiger partial charge is 0.312 e. The molecule has 0 amide bonds. The van der Waals surface area contributed by atoms with Crippen LogP contribution in [-0.4, -0.2) is 61.2 Å². The molecule has 2 rings (SSSR count). The van der Waals surface area contributed by atoms with Gasteiger partial charge in [-0.05, 0) is 32.4 Å². The average molecular weight is 253 g/mol. The molecule has 3 heteroatoms. The summed E-state index contributed by atoms with van der Waals surface area (Å²) in [5.41, 5.74) is 0. The predicted octanol–water partition coefficient (Wildman–Crippen LogP) is 1.93. The summed E-state index contributed by atoms with van der Waals surface area (Å²) in [6, 6.07) is 1.57. The average Bonchev–Trinajstić information content (AvgIpc) is 2.45. The molecule has 1 aliphatic heterocycles. The maximum Gasteiger partial charge on any atom is 0.0250 e. The molecule has 1 N–H and O–H groups in total. The quantitative estimate of drug-likeness (QED) is 0.808. The molecule has 0 aromatic carbocycles. The fraction of sp³-hybridized carbons (Fsp3) is 1.00. The zero-order chi connectivity index (χ0) is 12.8. The zero-order valence-corrected chi connectivity index (χ0v) is 12.3. The van der Waals surface area contributed by atoms with E-state index in [1.165, 1.54) is 71.4 Å². The Labute approximate surface area is 113 Å². The molecule has 2 aliphatic rings. The van der Waals surface area contributed by atoms with E-state index >= 15 is 0 Å². The van der Waals surface area contributed by atoms with Gasteiger partial charge in [0.05, 0.1) is 0 Å². The van der Waals surface area contributed by atoms with Crippen molar-refractivity contribution in [3.8, 4) is 0 Å². The van der Waals surface area contributed by atoms with E-state index in [1.807, 2.05) is 0 Å². The first-order valence-electron chi connectivity index (χ1n) is 8.05. The maximum absolute atomic E-state index is 3.79. The predicted molar refractivity (Wildman–Crippen MR) is 78.0 cm³/mol. The Kier molecular flexibility index (Phi) is 5.93. The molecule has 3 nitrogen and oxygen atoms in total. The Morgan fingerprint density at radius 3 is 2.39 bits per heavy atom. The van der Waals surface area contributed by atoms with Crippen molar-refractivity contribution in [2.75, 3.05) is 39.3 Å². The summed E-state index contributed by atoms with van der Waals surface area (Å²) in [6.07, 6.45) is 6.91. The van der Waals surface area contributed by atoms with E-state index in [2.05, 4.69) is 29.0 Å². The Morgan fingerprint density at radius 2 is 1.72 bits per heavy atom. The second kappa shape index (κ2) is 7.46. The number of likely N-dealkylation sites (N-methyl/N-ethyl adjacent to an activating group) is 1. The summed E-state index contributed by atoms with van der Waals surface area (Å²) in [6.45, 7) is 12.1. The Bertz CT molecular complexity index is 224. The summed E-state index contributed by atoms with van der Waals surface area (Å²) >= 11 is 0. The van der Waals surface area contributed by atoms with E-state index < -0.39 is 0 Å². The lowest BCUT2D eigenvalue weighted by Gasteiger charge is -2.44. The van der Waals surface area contributed by atoms with Crippen molar-refractivity contribution >= 4 is 0 Å². The molecular weight excluding hydrogens is 222 g/mol. The van der Waals surface area contributed by atoms with Gasteiger partial charge in [0.1, 0.15) is 0 Å². The third-order valence-electron chi connectivity index (χ3n) is 4.71. The van der Waals surface area contributed by atoms with Gasteiger partial charge in [0.2, 0.25) is 0 Å². The molecule has 0 radical (unpaired) electrons. The lowest BCUT2D eigenvalue weighted by Crippen LogP contribution is -2.57. The van der Waals surface area contributed by atoms with E-state index in [1.54, 1.807) is 0 Å². The Morgan fingerprint density at radius 1 is 1.00 bits per heavy atom. The topological polar surface area (TPSA) is 18.5 Å². The molecule has 0 aromatic rings. The highest BCUT2D eigenvalue weighted by molar-refractivity contribution is 4.90. The van der Waals surface area contributed by atoms with Crippen LogP contribution in [0.15, 0.2) is 0 Å². The molecule has 18 heavy (non-hydrogen) atoms. The summed E-state index contributed by atoms with van der Waals surface area (Å²) in [5.74, 6) is 0. The first-order valence-corrected chi connectivity index (χ1v) is 8.05. The van der Waals surface area contributed by atoms with Gasteiger partial charge in [0.25, 0.3) is 0 Å². The van der Waals surface area contributed by atoms with Crippen LogP contribution in [0.4, 0.5) is 0 Å². The summed E-state index contributed by atoms with van der Waals surface area (Å²) in [5, 5.41) is 3.79. The highest BCUT2D eigenvalue weighted by Crippen LogP contribution is 2.24. The van der Waals surface area contributed by atoms with Crippen LogP contribution in [0.2, 0.25) is 0 Å². The third kappa shape index (κ3) is 3.69. The first-order chi connectivity index (χ1) is 8.85. The zero-order valence-electron chi connectivity index (χ0n) is 12.3. The number of piperazine rings is 1. The molecule has 2 unspecified atom stereocenters. The molecule has 1 heterocycles. The summed E-state index contributed by atoms with van der Waals surface area (Å²) < 4.78 is 0. The van der Waals surface area contributed by atoms with Crippen molar-refractivity contribution in [2.45, 2.75) is 58.0 Å². The van der Waals surface area contributed by atoms with Crippen molar-refractivity contribution < 1.29 is 0 Å². The number of hydrogen-bond acceptors (Lipinski definition) is 3. The van der Waals surface area contributed by atoms with Crippen molar-refractivity contribution in [3.05, 3.63) is 0 Å². The van der Waals surface area contributed by atoms with Crippen LogP contribution in [0.1, 0.15) is 46.0 Å². The molecule has 2 fully saturated rings. The van der Waals surface area contributed by atoms with Gasteiger partial charge in [-0.3, -0.25) is 4.90 Å². The minimum Gasteiger partial charge on any atom is -0.312 e. The second-order valence-electron chi connectivity index (χ2n) is 5.88. The SMILES string of the molecule is CCCNC1CCCCC1N1CCN(CC)CC1. The molecule has 2 atom stereocenters. The molecule has 0 bridgehead atoms. The minimum atomic E-state index is 0.756. The highest BCUT2D eigenvalue weighted by Gasteiger charge is 2.31. The van der Waals surface area contributed by atoms with E-state index in [0.29, 0.717) is 0 Å². The molecule has 0 spiro atoms. The van der Waals surface area contributed by atoms with Gasteiger partial charge in [0.15, 0.2) is 0 Å². The van der Waals surface area contributed by atoms with Crippen molar-refractivity contribution in [3.63, 3.8) is 0 Å². The molecule has 1 aliphatic carbocycles. The lowest BCUT2D eigenvalue weighted by atomic mass is 9.88. The number of hydrogen-bond donors (Lipinski definition) is 1. The van der Waals surface area contributed by atoms with Crippen LogP contribution in [-0.2, 0) is 0 Å². The lowest BCUT2D eigenvalue weighted by molar-refractivity contribution is 0.0636. The van der Waals surface area contributed by atoms with Crippen LogP contribution in [0.3, 0.4) is 0 Å². The van der Waals surface area contributed by atoms with Gasteiger partial charge in [-0.1, -0.05) is 26.7 Å². The van der Waals surface area contributed by atoms with E-state index in [4.69, 9.17) is 0 Å².